The van der Waals surface area contributed by atoms with E-state index in [1.165, 1.54) is 0 Å². The Morgan fingerprint density at radius 2 is 2.13 bits per heavy atom. The topological polar surface area (TPSA) is 93.1 Å². The van der Waals surface area contributed by atoms with Crippen molar-refractivity contribution < 1.29 is 29.3 Å². The van der Waals surface area contributed by atoms with E-state index in [2.05, 4.69) is 13.5 Å². The summed E-state index contributed by atoms with van der Waals surface area (Å²) in [5, 5.41) is 21.6. The van der Waals surface area contributed by atoms with Crippen molar-refractivity contribution >= 4 is 11.9 Å². The summed E-state index contributed by atoms with van der Waals surface area (Å²) in [5.74, 6) is -0.548. The fraction of sp³-hybridized carbons (Fsp3) is 0.680. The van der Waals surface area contributed by atoms with Gasteiger partial charge in [-0.25, -0.2) is 9.59 Å². The van der Waals surface area contributed by atoms with Crippen molar-refractivity contribution in [2.45, 2.75) is 72.0 Å². The number of carbonyl (C=O) groups is 2. The van der Waals surface area contributed by atoms with E-state index in [4.69, 9.17) is 9.47 Å². The van der Waals surface area contributed by atoms with Gasteiger partial charge in [0.1, 0.15) is 12.7 Å². The van der Waals surface area contributed by atoms with E-state index in [0.717, 1.165) is 36.8 Å². The Morgan fingerprint density at radius 1 is 1.42 bits per heavy atom. The largest absolute Gasteiger partial charge is 0.458 e. The first-order valence-corrected chi connectivity index (χ1v) is 11.2. The number of fused-ring (bicyclic) bond motifs is 1. The van der Waals surface area contributed by atoms with E-state index in [1.54, 1.807) is 26.0 Å². The van der Waals surface area contributed by atoms with Gasteiger partial charge < -0.3 is 19.7 Å². The molecule has 6 heteroatoms. The summed E-state index contributed by atoms with van der Waals surface area (Å²) in [6.45, 7) is 12.1. The summed E-state index contributed by atoms with van der Waals surface area (Å²) >= 11 is 0. The maximum absolute atomic E-state index is 12.5. The van der Waals surface area contributed by atoms with Crippen LogP contribution in [0.15, 0.2) is 35.5 Å². The van der Waals surface area contributed by atoms with Crippen LogP contribution in [0, 0.1) is 22.7 Å². The van der Waals surface area contributed by atoms with Gasteiger partial charge in [0.2, 0.25) is 0 Å². The normalized spacial score (nSPS) is 38.4. The van der Waals surface area contributed by atoms with Gasteiger partial charge in [0.25, 0.3) is 0 Å². The molecule has 3 aliphatic rings. The molecular formula is C25H36O6. The number of aliphatic hydroxyl groups excluding tert-OH is 2. The third-order valence-electron chi connectivity index (χ3n) is 8.09. The summed E-state index contributed by atoms with van der Waals surface area (Å²) in [5.41, 5.74) is 1.56. The number of cyclic esters (lactones) is 1. The quantitative estimate of drug-likeness (QED) is 0.379. The molecule has 0 amide bonds. The molecule has 31 heavy (non-hydrogen) atoms. The smallest absolute Gasteiger partial charge is 0.333 e. The molecule has 1 heterocycles. The molecule has 0 saturated heterocycles. The van der Waals surface area contributed by atoms with Gasteiger partial charge in [-0.1, -0.05) is 32.1 Å². The van der Waals surface area contributed by atoms with Crippen LogP contribution in [0.2, 0.25) is 0 Å². The minimum atomic E-state index is -0.879. The lowest BCUT2D eigenvalue weighted by atomic mass is 9.45. The Bertz CT molecular complexity index is 811. The molecule has 2 N–H and O–H groups in total. The first-order valence-electron chi connectivity index (χ1n) is 11.2. The number of esters is 2. The molecule has 6 nitrogen and oxygen atoms in total. The van der Waals surface area contributed by atoms with Gasteiger partial charge in [-0.2, -0.15) is 0 Å². The summed E-state index contributed by atoms with van der Waals surface area (Å²) in [7, 11) is 0. The second kappa shape index (κ2) is 8.91. The van der Waals surface area contributed by atoms with Gasteiger partial charge in [0.05, 0.1) is 12.7 Å². The fourth-order valence-corrected chi connectivity index (χ4v) is 6.27. The van der Waals surface area contributed by atoms with E-state index in [1.807, 2.05) is 6.92 Å². The standard InChI is InChI=1S/C25H36O6/c1-6-15(2)23(29)31-22-19(27)12-24(4)18(9-8-17-11-21(28)30-13-17)16(3)7-10-20(24)25(22,5)14-26/h6,11,18-20,22,26-27H,3,7-10,12-14H2,1-2,4-5H3. The molecule has 1 aliphatic heterocycles. The zero-order chi connectivity index (χ0) is 23.0. The van der Waals surface area contributed by atoms with Crippen LogP contribution in [0.5, 0.6) is 0 Å². The van der Waals surface area contributed by atoms with Crippen LogP contribution in [0.4, 0.5) is 0 Å². The molecule has 0 radical (unpaired) electrons. The highest BCUT2D eigenvalue weighted by Gasteiger charge is 2.61. The van der Waals surface area contributed by atoms with Crippen LogP contribution >= 0.6 is 0 Å². The van der Waals surface area contributed by atoms with Gasteiger partial charge in [-0.15, -0.1) is 0 Å². The fourth-order valence-electron chi connectivity index (χ4n) is 6.27. The maximum atomic E-state index is 12.5. The molecule has 2 saturated carbocycles. The van der Waals surface area contributed by atoms with Crippen LogP contribution < -0.4 is 0 Å². The molecule has 0 aromatic carbocycles. The van der Waals surface area contributed by atoms with Crippen LogP contribution in [-0.2, 0) is 19.1 Å². The van der Waals surface area contributed by atoms with Crippen molar-refractivity contribution in [1.29, 1.82) is 0 Å². The molecule has 0 bridgehead atoms. The predicted molar refractivity (Wildman–Crippen MR) is 117 cm³/mol. The van der Waals surface area contributed by atoms with Crippen LogP contribution in [0.3, 0.4) is 0 Å². The molecule has 6 unspecified atom stereocenters. The molecule has 0 aromatic heterocycles. The van der Waals surface area contributed by atoms with Crippen molar-refractivity contribution in [2.75, 3.05) is 13.2 Å². The highest BCUT2D eigenvalue weighted by molar-refractivity contribution is 5.87. The number of aliphatic hydroxyl groups is 2. The van der Waals surface area contributed by atoms with E-state index in [0.29, 0.717) is 18.6 Å². The maximum Gasteiger partial charge on any atom is 0.333 e. The van der Waals surface area contributed by atoms with Gasteiger partial charge >= 0.3 is 11.9 Å². The zero-order valence-corrected chi connectivity index (χ0v) is 19.1. The van der Waals surface area contributed by atoms with E-state index in [-0.39, 0.29) is 29.8 Å². The minimum absolute atomic E-state index is 0.0584. The van der Waals surface area contributed by atoms with E-state index >= 15 is 0 Å². The van der Waals surface area contributed by atoms with Gasteiger partial charge in [-0.3, -0.25) is 0 Å². The molecule has 2 aliphatic carbocycles. The number of hydrogen-bond acceptors (Lipinski definition) is 6. The Balaban J connectivity index is 1.88. The van der Waals surface area contributed by atoms with Crippen LogP contribution in [0.25, 0.3) is 0 Å². The van der Waals surface area contributed by atoms with Gasteiger partial charge in [0, 0.05) is 17.1 Å². The van der Waals surface area contributed by atoms with Crippen molar-refractivity contribution in [3.63, 3.8) is 0 Å². The first kappa shape index (κ1) is 23.7. The lowest BCUT2D eigenvalue weighted by Gasteiger charge is -2.61. The molecule has 2 fully saturated rings. The van der Waals surface area contributed by atoms with E-state index in [9.17, 15) is 19.8 Å². The Morgan fingerprint density at radius 3 is 2.71 bits per heavy atom. The number of hydrogen-bond donors (Lipinski definition) is 2. The monoisotopic (exact) mass is 432 g/mol. The summed E-state index contributed by atoms with van der Waals surface area (Å²) in [4.78, 5) is 23.9. The Hall–Kier alpha value is -1.92. The van der Waals surface area contributed by atoms with Crippen molar-refractivity contribution in [3.8, 4) is 0 Å². The van der Waals surface area contributed by atoms with Gasteiger partial charge in [0.15, 0.2) is 0 Å². The van der Waals surface area contributed by atoms with Crippen molar-refractivity contribution in [2.24, 2.45) is 22.7 Å². The van der Waals surface area contributed by atoms with Crippen molar-refractivity contribution in [3.05, 3.63) is 35.5 Å². The average molecular weight is 433 g/mol. The summed E-state index contributed by atoms with van der Waals surface area (Å²) in [6.07, 6.45) is 5.29. The van der Waals surface area contributed by atoms with Crippen LogP contribution in [-0.4, -0.2) is 47.6 Å². The lowest BCUT2D eigenvalue weighted by molar-refractivity contribution is -0.216. The highest BCUT2D eigenvalue weighted by Crippen LogP contribution is 2.62. The Labute approximate surface area is 185 Å². The van der Waals surface area contributed by atoms with Crippen molar-refractivity contribution in [1.82, 2.24) is 0 Å². The number of allylic oxidation sites excluding steroid dienone is 2. The molecule has 0 spiro atoms. The first-order chi connectivity index (χ1) is 14.6. The second-order valence-electron chi connectivity index (χ2n) is 9.99. The number of ether oxygens (including phenoxy) is 2. The van der Waals surface area contributed by atoms with Gasteiger partial charge in [-0.05, 0) is 68.8 Å². The average Bonchev–Trinajstić information content (AvgIpc) is 3.14. The zero-order valence-electron chi connectivity index (χ0n) is 19.1. The third-order valence-corrected chi connectivity index (χ3v) is 8.09. The molecule has 6 atom stereocenters. The molecule has 172 valence electrons. The SMILES string of the molecule is C=C1CCC2C(C)(CC(O)C(OC(=O)C(C)=CC)C2(C)CO)C1CCC1=CC(=O)OC1. The van der Waals surface area contributed by atoms with Crippen LogP contribution in [0.1, 0.15) is 59.8 Å². The minimum Gasteiger partial charge on any atom is -0.458 e. The summed E-state index contributed by atoms with van der Waals surface area (Å²) in [6, 6.07) is 0. The third kappa shape index (κ3) is 4.24. The molecule has 3 rings (SSSR count). The highest BCUT2D eigenvalue weighted by atomic mass is 16.6. The molecular weight excluding hydrogens is 396 g/mol. The predicted octanol–water partition coefficient (Wildman–Crippen LogP) is 3.48. The second-order valence-corrected chi connectivity index (χ2v) is 9.99. The Kier molecular flexibility index (Phi) is 6.82. The molecule has 0 aromatic rings. The number of rotatable bonds is 6. The summed E-state index contributed by atoms with van der Waals surface area (Å²) < 4.78 is 10.8. The lowest BCUT2D eigenvalue weighted by Crippen LogP contribution is -2.63. The number of carbonyl (C=O) groups excluding carboxylic acids is 2. The van der Waals surface area contributed by atoms with E-state index < -0.39 is 23.6 Å².